The van der Waals surface area contributed by atoms with Gasteiger partial charge in [-0.15, -0.1) is 0 Å². The summed E-state index contributed by atoms with van der Waals surface area (Å²) in [7, 11) is 0. The molecule has 0 bridgehead atoms. The van der Waals surface area contributed by atoms with E-state index in [1.54, 1.807) is 26.8 Å². The SMILES string of the molecule is CCC(C)(CC)CC(O)COC(=O)c1ccccc1C(=O)OCC(O)CN1C(=O)N(C(C)(CC)CC)C(=O)C(CC)(CC)C1=O. The minimum atomic E-state index is -1.46. The number of β-amino-alcohol motifs (C(OH)–C–C–N with tert-alkyl or cyclic N) is 1. The predicted octanol–water partition coefficient (Wildman–Crippen LogP) is 5.11. The zero-order chi connectivity index (χ0) is 34.2. The zero-order valence-electron chi connectivity index (χ0n) is 28.2. The van der Waals surface area contributed by atoms with Crippen LogP contribution in [0, 0.1) is 10.8 Å². The number of benzene rings is 1. The highest BCUT2D eigenvalue weighted by Crippen LogP contribution is 2.40. The highest BCUT2D eigenvalue weighted by molar-refractivity contribution is 6.19. The molecule has 1 aliphatic rings. The van der Waals surface area contributed by atoms with Crippen molar-refractivity contribution in [3.05, 3.63) is 35.4 Å². The van der Waals surface area contributed by atoms with Crippen LogP contribution in [-0.4, -0.2) is 87.3 Å². The van der Waals surface area contributed by atoms with Crippen LogP contribution >= 0.6 is 0 Å². The smallest absolute Gasteiger partial charge is 0.339 e. The molecule has 1 aromatic rings. The maximum Gasteiger partial charge on any atom is 0.339 e. The van der Waals surface area contributed by atoms with Gasteiger partial charge in [0.1, 0.15) is 24.7 Å². The first-order chi connectivity index (χ1) is 21.1. The second kappa shape index (κ2) is 15.8. The molecule has 0 aliphatic carbocycles. The zero-order valence-corrected chi connectivity index (χ0v) is 28.2. The van der Waals surface area contributed by atoms with Crippen LogP contribution in [0.15, 0.2) is 24.3 Å². The van der Waals surface area contributed by atoms with Crippen LogP contribution in [0.4, 0.5) is 4.79 Å². The average molecular weight is 633 g/mol. The van der Waals surface area contributed by atoms with Crippen molar-refractivity contribution >= 4 is 29.8 Å². The molecule has 0 radical (unpaired) electrons. The molecule has 1 saturated heterocycles. The Bertz CT molecular complexity index is 1220. The van der Waals surface area contributed by atoms with E-state index in [0.717, 1.165) is 22.6 Å². The lowest BCUT2D eigenvalue weighted by Crippen LogP contribution is -2.70. The molecule has 0 aromatic heterocycles. The van der Waals surface area contributed by atoms with E-state index >= 15 is 0 Å². The number of esters is 2. The van der Waals surface area contributed by atoms with Crippen LogP contribution in [0.25, 0.3) is 0 Å². The summed E-state index contributed by atoms with van der Waals surface area (Å²) in [6.45, 7) is 13.8. The Morgan fingerprint density at radius 3 is 1.67 bits per heavy atom. The number of aliphatic hydroxyl groups excluding tert-OH is 2. The number of carbonyl (C=O) groups excluding carboxylic acids is 5. The van der Waals surface area contributed by atoms with Crippen LogP contribution in [0.1, 0.15) is 121 Å². The van der Waals surface area contributed by atoms with Gasteiger partial charge in [0.05, 0.1) is 23.8 Å². The van der Waals surface area contributed by atoms with Crippen molar-refractivity contribution in [1.82, 2.24) is 9.80 Å². The fraction of sp³-hybridized carbons (Fsp3) is 0.676. The van der Waals surface area contributed by atoms with Gasteiger partial charge in [0.25, 0.3) is 0 Å². The number of ether oxygens (including phenoxy) is 2. The van der Waals surface area contributed by atoms with Gasteiger partial charge in [0, 0.05) is 5.54 Å². The van der Waals surface area contributed by atoms with E-state index in [9.17, 15) is 34.2 Å². The lowest BCUT2D eigenvalue weighted by molar-refractivity contribution is -0.164. The number of hydrogen-bond donors (Lipinski definition) is 2. The Morgan fingerprint density at radius 2 is 1.24 bits per heavy atom. The maximum absolute atomic E-state index is 13.6. The minimum Gasteiger partial charge on any atom is -0.459 e. The van der Waals surface area contributed by atoms with Crippen molar-refractivity contribution < 1.29 is 43.7 Å². The standard InChI is InChI=1S/C34H52N2O9/c1-9-32(7,10-2)19-23(37)21-44-27(39)25-17-15-16-18-26(25)28(40)45-22-24(38)20-35-29(41)34(13-5,14-6)30(42)36(31(35)43)33(8,11-3)12-4/h15-18,23-24,37-38H,9-14,19-22H2,1-8H3. The van der Waals surface area contributed by atoms with Crippen LogP contribution in [0.5, 0.6) is 0 Å². The van der Waals surface area contributed by atoms with Gasteiger partial charge in [-0.05, 0) is 56.6 Å². The first kappa shape index (κ1) is 37.9. The highest BCUT2D eigenvalue weighted by atomic mass is 16.5. The molecule has 11 nitrogen and oxygen atoms in total. The molecule has 0 spiro atoms. The molecule has 11 heteroatoms. The molecule has 0 saturated carbocycles. The number of urea groups is 1. The maximum atomic E-state index is 13.6. The summed E-state index contributed by atoms with van der Waals surface area (Å²) in [5, 5.41) is 21.3. The molecule has 1 aromatic carbocycles. The van der Waals surface area contributed by atoms with Crippen LogP contribution < -0.4 is 0 Å². The molecule has 1 aliphatic heterocycles. The van der Waals surface area contributed by atoms with E-state index in [1.807, 2.05) is 27.7 Å². The van der Waals surface area contributed by atoms with E-state index in [0.29, 0.717) is 19.3 Å². The molecule has 4 amide bonds. The van der Waals surface area contributed by atoms with E-state index in [1.165, 1.54) is 18.2 Å². The molecule has 1 heterocycles. The molecule has 2 atom stereocenters. The lowest BCUT2D eigenvalue weighted by atomic mass is 9.76. The first-order valence-corrected chi connectivity index (χ1v) is 16.1. The van der Waals surface area contributed by atoms with E-state index < -0.39 is 66.1 Å². The summed E-state index contributed by atoms with van der Waals surface area (Å²) in [6, 6.07) is 5.05. The van der Waals surface area contributed by atoms with Crippen molar-refractivity contribution in [2.24, 2.45) is 10.8 Å². The third-order valence-electron chi connectivity index (χ3n) is 9.97. The number of barbiturate groups is 1. The first-order valence-electron chi connectivity index (χ1n) is 16.1. The van der Waals surface area contributed by atoms with Crippen molar-refractivity contribution in [3.63, 3.8) is 0 Å². The van der Waals surface area contributed by atoms with E-state index in [4.69, 9.17) is 9.47 Å². The van der Waals surface area contributed by atoms with Gasteiger partial charge in [0.2, 0.25) is 11.8 Å². The topological polar surface area (TPSA) is 151 Å². The lowest BCUT2D eigenvalue weighted by Gasteiger charge is -2.50. The number of rotatable bonds is 17. The molecule has 252 valence electrons. The average Bonchev–Trinajstić information content (AvgIpc) is 3.04. The second-order valence-corrected chi connectivity index (χ2v) is 12.6. The van der Waals surface area contributed by atoms with Gasteiger partial charge in [-0.2, -0.15) is 0 Å². The fourth-order valence-corrected chi connectivity index (χ4v) is 5.68. The Morgan fingerprint density at radius 1 is 0.778 bits per heavy atom. The molecule has 45 heavy (non-hydrogen) atoms. The van der Waals surface area contributed by atoms with Gasteiger partial charge in [0.15, 0.2) is 0 Å². The monoisotopic (exact) mass is 632 g/mol. The number of aliphatic hydroxyl groups is 2. The van der Waals surface area contributed by atoms with Crippen molar-refractivity contribution in [1.29, 1.82) is 0 Å². The van der Waals surface area contributed by atoms with Crippen molar-refractivity contribution in [2.45, 2.75) is 118 Å². The van der Waals surface area contributed by atoms with Gasteiger partial charge in [-0.1, -0.05) is 73.4 Å². The Labute approximate surface area is 267 Å². The van der Waals surface area contributed by atoms with Gasteiger partial charge >= 0.3 is 18.0 Å². The third-order valence-corrected chi connectivity index (χ3v) is 9.97. The molecular formula is C34H52N2O9. The molecule has 2 rings (SSSR count). The third kappa shape index (κ3) is 8.10. The summed E-state index contributed by atoms with van der Waals surface area (Å²) >= 11 is 0. The predicted molar refractivity (Wildman–Crippen MR) is 168 cm³/mol. The van der Waals surface area contributed by atoms with Crippen molar-refractivity contribution in [2.75, 3.05) is 19.8 Å². The van der Waals surface area contributed by atoms with Crippen molar-refractivity contribution in [3.8, 4) is 0 Å². The quantitative estimate of drug-likeness (QED) is 0.176. The van der Waals surface area contributed by atoms with Crippen LogP contribution in [0.3, 0.4) is 0 Å². The summed E-state index contributed by atoms with van der Waals surface area (Å²) < 4.78 is 10.6. The number of carbonyl (C=O) groups is 5. The van der Waals surface area contributed by atoms with E-state index in [-0.39, 0.29) is 36.0 Å². The molecule has 1 fully saturated rings. The summed E-state index contributed by atoms with van der Waals surface area (Å²) in [6.07, 6.45) is 1.16. The number of amides is 4. The minimum absolute atomic E-state index is 0.0671. The Kier molecular flexibility index (Phi) is 13.3. The largest absolute Gasteiger partial charge is 0.459 e. The molecule has 2 N–H and O–H groups in total. The van der Waals surface area contributed by atoms with Gasteiger partial charge in [-0.3, -0.25) is 19.4 Å². The Balaban J connectivity index is 2.16. The number of imide groups is 2. The Hall–Kier alpha value is -3.31. The summed E-state index contributed by atoms with van der Waals surface area (Å²) in [5.41, 5.74) is -2.54. The van der Waals surface area contributed by atoms with Crippen LogP contribution in [0.2, 0.25) is 0 Å². The molecular weight excluding hydrogens is 580 g/mol. The highest BCUT2D eigenvalue weighted by Gasteiger charge is 2.58. The summed E-state index contributed by atoms with van der Waals surface area (Å²) in [4.78, 5) is 68.7. The number of hydrogen-bond acceptors (Lipinski definition) is 9. The summed E-state index contributed by atoms with van der Waals surface area (Å²) in [5.74, 6) is -2.95. The molecule has 2 unspecified atom stereocenters. The number of nitrogens with zero attached hydrogens (tertiary/aromatic N) is 2. The van der Waals surface area contributed by atoms with Gasteiger partial charge < -0.3 is 19.7 Å². The van der Waals surface area contributed by atoms with Gasteiger partial charge in [-0.25, -0.2) is 14.4 Å². The fourth-order valence-electron chi connectivity index (χ4n) is 5.68. The van der Waals surface area contributed by atoms with E-state index in [2.05, 4.69) is 6.92 Å². The van der Waals surface area contributed by atoms with Crippen LogP contribution in [-0.2, 0) is 19.1 Å². The second-order valence-electron chi connectivity index (χ2n) is 12.6. The normalized spacial score (nSPS) is 16.9.